The number of carbonyl (C=O) groups is 1. The number of hydrogen-bond acceptors (Lipinski definition) is 5. The van der Waals surface area contributed by atoms with Crippen LogP contribution in [-0.4, -0.2) is 39.7 Å². The van der Waals surface area contributed by atoms with Crippen LogP contribution in [0, 0.1) is 0 Å². The predicted octanol–water partition coefficient (Wildman–Crippen LogP) is -0.00850. The minimum Gasteiger partial charge on any atom is -0.452 e. The molecule has 0 radical (unpaired) electrons. The molecule has 2 heterocycles. The summed E-state index contributed by atoms with van der Waals surface area (Å²) >= 11 is 0. The van der Waals surface area contributed by atoms with Crippen molar-refractivity contribution in [1.82, 2.24) is 25.5 Å². The first kappa shape index (κ1) is 11.1. The Morgan fingerprint density at radius 1 is 1.47 bits per heavy atom. The maximum absolute atomic E-state index is 11.0. The number of H-pyrrole nitrogens is 1. The second-order valence-electron chi connectivity index (χ2n) is 3.16. The second kappa shape index (κ2) is 5.06. The van der Waals surface area contributed by atoms with Crippen LogP contribution >= 0.6 is 0 Å². The molecule has 7 heteroatoms. The minimum absolute atomic E-state index is 0.107. The van der Waals surface area contributed by atoms with Gasteiger partial charge in [-0.1, -0.05) is 0 Å². The van der Waals surface area contributed by atoms with Crippen LogP contribution in [0.5, 0.6) is 6.01 Å². The number of amides is 1. The van der Waals surface area contributed by atoms with Crippen LogP contribution in [0.3, 0.4) is 0 Å². The van der Waals surface area contributed by atoms with Gasteiger partial charge >= 0.3 is 6.01 Å². The number of ether oxygens (including phenoxy) is 1. The summed E-state index contributed by atoms with van der Waals surface area (Å²) in [5.74, 6) is 0.333. The molecule has 7 nitrogen and oxygen atoms in total. The van der Waals surface area contributed by atoms with Crippen molar-refractivity contribution in [2.45, 2.75) is 0 Å². The molecular weight excluding hydrogens is 222 g/mol. The van der Waals surface area contributed by atoms with Gasteiger partial charge in [0.15, 0.2) is 12.4 Å². The van der Waals surface area contributed by atoms with Crippen molar-refractivity contribution in [3.05, 3.63) is 24.5 Å². The lowest BCUT2D eigenvalue weighted by atomic mass is 10.3. The van der Waals surface area contributed by atoms with Crippen molar-refractivity contribution < 1.29 is 9.53 Å². The van der Waals surface area contributed by atoms with Gasteiger partial charge < -0.3 is 10.1 Å². The molecule has 0 aliphatic rings. The van der Waals surface area contributed by atoms with E-state index in [1.807, 2.05) is 0 Å². The van der Waals surface area contributed by atoms with E-state index in [4.69, 9.17) is 4.74 Å². The number of pyridine rings is 1. The molecular formula is C10H11N5O2. The number of nitrogens with zero attached hydrogens (tertiary/aromatic N) is 3. The van der Waals surface area contributed by atoms with Crippen LogP contribution in [0.25, 0.3) is 11.4 Å². The molecule has 0 bridgehead atoms. The highest BCUT2D eigenvalue weighted by molar-refractivity contribution is 5.77. The smallest absolute Gasteiger partial charge is 0.336 e. The fraction of sp³-hybridized carbons (Fsp3) is 0.200. The van der Waals surface area contributed by atoms with Gasteiger partial charge in [0.05, 0.1) is 0 Å². The maximum atomic E-state index is 11.0. The van der Waals surface area contributed by atoms with E-state index in [-0.39, 0.29) is 18.5 Å². The highest BCUT2D eigenvalue weighted by Gasteiger charge is 2.07. The number of aromatic nitrogens is 4. The van der Waals surface area contributed by atoms with Gasteiger partial charge in [0.25, 0.3) is 5.91 Å². The molecule has 0 aliphatic heterocycles. The van der Waals surface area contributed by atoms with Crippen LogP contribution in [0.1, 0.15) is 0 Å². The molecule has 0 aliphatic carbocycles. The molecule has 0 atom stereocenters. The van der Waals surface area contributed by atoms with Gasteiger partial charge in [0.1, 0.15) is 0 Å². The number of rotatable bonds is 4. The molecule has 2 rings (SSSR count). The summed E-state index contributed by atoms with van der Waals surface area (Å²) in [7, 11) is 1.53. The molecule has 17 heavy (non-hydrogen) atoms. The molecule has 0 saturated carbocycles. The van der Waals surface area contributed by atoms with Gasteiger partial charge in [-0.25, -0.2) is 0 Å². The topological polar surface area (TPSA) is 92.8 Å². The van der Waals surface area contributed by atoms with E-state index in [0.717, 1.165) is 5.56 Å². The van der Waals surface area contributed by atoms with Crippen LogP contribution in [0.2, 0.25) is 0 Å². The van der Waals surface area contributed by atoms with E-state index >= 15 is 0 Å². The first-order valence-corrected chi connectivity index (χ1v) is 4.96. The molecule has 88 valence electrons. The number of aromatic amines is 1. The quantitative estimate of drug-likeness (QED) is 0.774. The lowest BCUT2D eigenvalue weighted by Crippen LogP contribution is -2.25. The fourth-order valence-corrected chi connectivity index (χ4v) is 1.15. The highest BCUT2D eigenvalue weighted by Crippen LogP contribution is 2.14. The molecule has 0 fully saturated rings. The summed E-state index contributed by atoms with van der Waals surface area (Å²) in [4.78, 5) is 18.9. The van der Waals surface area contributed by atoms with E-state index in [1.165, 1.54) is 7.05 Å². The minimum atomic E-state index is -0.236. The van der Waals surface area contributed by atoms with Gasteiger partial charge in [-0.05, 0) is 12.1 Å². The van der Waals surface area contributed by atoms with Gasteiger partial charge in [-0.3, -0.25) is 14.9 Å². The lowest BCUT2D eigenvalue weighted by molar-refractivity contribution is -0.122. The van der Waals surface area contributed by atoms with E-state index < -0.39 is 0 Å². The molecule has 2 aromatic heterocycles. The average Bonchev–Trinajstić information content (AvgIpc) is 2.86. The van der Waals surface area contributed by atoms with E-state index in [1.54, 1.807) is 24.5 Å². The van der Waals surface area contributed by atoms with Crippen LogP contribution < -0.4 is 10.1 Å². The zero-order valence-corrected chi connectivity index (χ0v) is 9.17. The maximum Gasteiger partial charge on any atom is 0.336 e. The largest absolute Gasteiger partial charge is 0.452 e. The molecule has 0 unspecified atom stereocenters. The van der Waals surface area contributed by atoms with Crippen molar-refractivity contribution in [2.75, 3.05) is 13.7 Å². The third kappa shape index (κ3) is 2.77. The Morgan fingerprint density at radius 3 is 2.94 bits per heavy atom. The van der Waals surface area contributed by atoms with Crippen molar-refractivity contribution in [3.63, 3.8) is 0 Å². The summed E-state index contributed by atoms with van der Waals surface area (Å²) in [5, 5.41) is 8.99. The Morgan fingerprint density at radius 2 is 2.24 bits per heavy atom. The number of carbonyl (C=O) groups excluding carboxylic acids is 1. The summed E-state index contributed by atoms with van der Waals surface area (Å²) in [6, 6.07) is 3.73. The Balaban J connectivity index is 2.04. The van der Waals surface area contributed by atoms with Gasteiger partial charge in [-0.2, -0.15) is 4.98 Å². The predicted molar refractivity (Wildman–Crippen MR) is 59.2 cm³/mol. The fourth-order valence-electron chi connectivity index (χ4n) is 1.15. The Kier molecular flexibility index (Phi) is 3.29. The van der Waals surface area contributed by atoms with Crippen molar-refractivity contribution in [3.8, 4) is 17.4 Å². The summed E-state index contributed by atoms with van der Waals surface area (Å²) < 4.78 is 5.08. The van der Waals surface area contributed by atoms with Crippen LogP contribution in [0.4, 0.5) is 0 Å². The molecule has 0 saturated heterocycles. The zero-order valence-electron chi connectivity index (χ0n) is 9.17. The van der Waals surface area contributed by atoms with E-state index in [9.17, 15) is 4.79 Å². The van der Waals surface area contributed by atoms with Gasteiger partial charge in [0, 0.05) is 25.0 Å². The Labute approximate surface area is 97.2 Å². The average molecular weight is 233 g/mol. The molecule has 2 aromatic rings. The Bertz CT molecular complexity index is 496. The van der Waals surface area contributed by atoms with Gasteiger partial charge in [-0.15, -0.1) is 5.10 Å². The monoisotopic (exact) mass is 233 g/mol. The number of hydrogen-bond donors (Lipinski definition) is 2. The zero-order chi connectivity index (χ0) is 12.1. The summed E-state index contributed by atoms with van der Waals surface area (Å²) in [6.07, 6.45) is 3.31. The first-order valence-electron chi connectivity index (χ1n) is 4.96. The van der Waals surface area contributed by atoms with E-state index in [2.05, 4.69) is 25.5 Å². The summed E-state index contributed by atoms with van der Waals surface area (Å²) in [5.41, 5.74) is 0.849. The van der Waals surface area contributed by atoms with E-state index in [0.29, 0.717) is 5.82 Å². The highest BCUT2D eigenvalue weighted by atomic mass is 16.5. The van der Waals surface area contributed by atoms with Crippen molar-refractivity contribution in [1.29, 1.82) is 0 Å². The first-order chi connectivity index (χ1) is 8.29. The third-order valence-electron chi connectivity index (χ3n) is 2.03. The SMILES string of the molecule is CNC(=O)COc1n[nH]c(-c2ccncc2)n1. The lowest BCUT2D eigenvalue weighted by Gasteiger charge is -1.98. The van der Waals surface area contributed by atoms with Crippen molar-refractivity contribution >= 4 is 5.91 Å². The van der Waals surface area contributed by atoms with Crippen molar-refractivity contribution in [2.24, 2.45) is 0 Å². The molecule has 0 aromatic carbocycles. The second-order valence-corrected chi connectivity index (χ2v) is 3.16. The molecule has 0 spiro atoms. The summed E-state index contributed by atoms with van der Waals surface area (Å²) in [6.45, 7) is -0.107. The number of nitrogens with one attached hydrogen (secondary N) is 2. The third-order valence-corrected chi connectivity index (χ3v) is 2.03. The standard InChI is InChI=1S/C10H11N5O2/c1-11-8(16)6-17-10-13-9(14-15-10)7-2-4-12-5-3-7/h2-5H,6H2,1H3,(H,11,16)(H,13,14,15). The van der Waals surface area contributed by atoms with Gasteiger partial charge in [0.2, 0.25) is 0 Å². The Hall–Kier alpha value is -2.44. The van der Waals surface area contributed by atoms with Crippen LogP contribution in [-0.2, 0) is 4.79 Å². The normalized spacial score (nSPS) is 9.94. The number of likely N-dealkylation sites (N-methyl/N-ethyl adjacent to an activating group) is 1. The molecule has 1 amide bonds. The molecule has 2 N–H and O–H groups in total. The van der Waals surface area contributed by atoms with Crippen LogP contribution in [0.15, 0.2) is 24.5 Å².